The maximum absolute atomic E-state index is 11.3. The third-order valence-electron chi connectivity index (χ3n) is 4.70. The monoisotopic (exact) mass is 320 g/mol. The second-order valence-corrected chi connectivity index (χ2v) is 7.65. The first-order valence-electron chi connectivity index (χ1n) is 8.27. The molecule has 1 aromatic rings. The molecule has 0 spiro atoms. The molecule has 1 aliphatic heterocycles. The van der Waals surface area contributed by atoms with E-state index in [4.69, 9.17) is 4.74 Å². The predicted octanol–water partition coefficient (Wildman–Crippen LogP) is 4.12. The predicted molar refractivity (Wildman–Crippen MR) is 90.0 cm³/mol. The zero-order valence-electron chi connectivity index (χ0n) is 14.9. The van der Waals surface area contributed by atoms with Gasteiger partial charge in [0.15, 0.2) is 0 Å². The number of ether oxygens (including phenoxy) is 2. The lowest BCUT2D eigenvalue weighted by atomic mass is 9.78. The molecule has 1 heterocycles. The van der Waals surface area contributed by atoms with Crippen LogP contribution in [0.3, 0.4) is 0 Å². The minimum atomic E-state index is -0.238. The number of aromatic hydroxyl groups is 1. The Hall–Kier alpha value is -1.71. The lowest BCUT2D eigenvalue weighted by Gasteiger charge is -2.34. The van der Waals surface area contributed by atoms with Gasteiger partial charge in [0, 0.05) is 12.0 Å². The first kappa shape index (κ1) is 17.6. The third kappa shape index (κ3) is 4.18. The normalized spacial score (nSPS) is 16.4. The van der Waals surface area contributed by atoms with Crippen molar-refractivity contribution >= 4 is 5.97 Å². The van der Waals surface area contributed by atoms with Crippen LogP contribution in [0.25, 0.3) is 0 Å². The lowest BCUT2D eigenvalue weighted by molar-refractivity contribution is -0.140. The Balaban J connectivity index is 2.19. The highest BCUT2D eigenvalue weighted by Gasteiger charge is 2.31. The third-order valence-corrected chi connectivity index (χ3v) is 4.70. The Labute approximate surface area is 138 Å². The second-order valence-electron chi connectivity index (χ2n) is 7.65. The molecule has 128 valence electrons. The van der Waals surface area contributed by atoms with Crippen LogP contribution >= 0.6 is 0 Å². The fourth-order valence-electron chi connectivity index (χ4n) is 3.14. The van der Waals surface area contributed by atoms with Gasteiger partial charge in [0.2, 0.25) is 0 Å². The first-order chi connectivity index (χ1) is 10.6. The maximum Gasteiger partial charge on any atom is 0.305 e. The number of phenols is 1. The lowest BCUT2D eigenvalue weighted by Crippen LogP contribution is -2.33. The van der Waals surface area contributed by atoms with Crippen molar-refractivity contribution in [3.05, 3.63) is 23.3 Å². The molecule has 0 fully saturated rings. The summed E-state index contributed by atoms with van der Waals surface area (Å²) in [5.74, 6) is 0.991. The van der Waals surface area contributed by atoms with Crippen LogP contribution in [0, 0.1) is 0 Å². The van der Waals surface area contributed by atoms with E-state index >= 15 is 0 Å². The van der Waals surface area contributed by atoms with Crippen LogP contribution in [0.2, 0.25) is 0 Å². The Morgan fingerprint density at radius 3 is 2.74 bits per heavy atom. The maximum atomic E-state index is 11.3. The van der Waals surface area contributed by atoms with Gasteiger partial charge in [-0.05, 0) is 62.6 Å². The second kappa shape index (κ2) is 6.42. The number of methoxy groups -OCH3 is 1. The van der Waals surface area contributed by atoms with Gasteiger partial charge >= 0.3 is 5.97 Å². The summed E-state index contributed by atoms with van der Waals surface area (Å²) in [6.07, 6.45) is 3.77. The molecule has 2 rings (SSSR count). The molecular weight excluding hydrogens is 292 g/mol. The fraction of sp³-hybridized carbons (Fsp3) is 0.632. The van der Waals surface area contributed by atoms with Gasteiger partial charge in [0.25, 0.3) is 0 Å². The van der Waals surface area contributed by atoms with Crippen LogP contribution in [0.4, 0.5) is 0 Å². The Kier molecular flexibility index (Phi) is 4.92. The summed E-state index contributed by atoms with van der Waals surface area (Å²) in [4.78, 5) is 11.3. The topological polar surface area (TPSA) is 55.8 Å². The first-order valence-corrected chi connectivity index (χ1v) is 8.27. The van der Waals surface area contributed by atoms with Gasteiger partial charge in [-0.2, -0.15) is 0 Å². The molecule has 0 aliphatic carbocycles. The summed E-state index contributed by atoms with van der Waals surface area (Å²) in [6, 6.07) is 3.81. The van der Waals surface area contributed by atoms with Crippen molar-refractivity contribution in [2.24, 2.45) is 0 Å². The molecular formula is C19H28O4. The van der Waals surface area contributed by atoms with Gasteiger partial charge in [-0.25, -0.2) is 0 Å². The average molecular weight is 320 g/mol. The van der Waals surface area contributed by atoms with Crippen molar-refractivity contribution in [1.82, 2.24) is 0 Å². The van der Waals surface area contributed by atoms with Gasteiger partial charge < -0.3 is 14.6 Å². The smallest absolute Gasteiger partial charge is 0.305 e. The summed E-state index contributed by atoms with van der Waals surface area (Å²) < 4.78 is 10.8. The van der Waals surface area contributed by atoms with Crippen molar-refractivity contribution in [3.63, 3.8) is 0 Å². The van der Waals surface area contributed by atoms with E-state index in [0.717, 1.165) is 42.6 Å². The highest BCUT2D eigenvalue weighted by atomic mass is 16.5. The zero-order valence-corrected chi connectivity index (χ0v) is 14.9. The number of carbonyl (C=O) groups is 1. The zero-order chi connectivity index (χ0) is 17.3. The number of carbonyl (C=O) groups excluding carboxylic acids is 1. The van der Waals surface area contributed by atoms with E-state index in [-0.39, 0.29) is 17.0 Å². The molecule has 23 heavy (non-hydrogen) atoms. The molecule has 0 aromatic heterocycles. The molecule has 0 atom stereocenters. The molecule has 0 saturated heterocycles. The van der Waals surface area contributed by atoms with E-state index in [1.807, 2.05) is 12.1 Å². The van der Waals surface area contributed by atoms with E-state index in [1.165, 1.54) is 7.11 Å². The number of aryl methyl sites for hydroxylation is 1. The van der Waals surface area contributed by atoms with E-state index in [9.17, 15) is 9.90 Å². The molecule has 1 aliphatic rings. The van der Waals surface area contributed by atoms with E-state index in [1.54, 1.807) is 0 Å². The Morgan fingerprint density at radius 1 is 1.39 bits per heavy atom. The van der Waals surface area contributed by atoms with Crippen LogP contribution in [0.15, 0.2) is 12.1 Å². The van der Waals surface area contributed by atoms with E-state index < -0.39 is 0 Å². The largest absolute Gasteiger partial charge is 0.508 e. The van der Waals surface area contributed by atoms with Gasteiger partial charge in [-0.15, -0.1) is 0 Å². The van der Waals surface area contributed by atoms with Crippen molar-refractivity contribution < 1.29 is 19.4 Å². The van der Waals surface area contributed by atoms with E-state index in [2.05, 4.69) is 32.4 Å². The number of rotatable bonds is 5. The molecule has 1 aromatic carbocycles. The SMILES string of the molecule is COC(=O)CCCC(C)(C)c1cc2c(cc1O)CCC(C)(C)O2. The molecule has 4 nitrogen and oxygen atoms in total. The molecule has 0 bridgehead atoms. The molecule has 0 amide bonds. The molecule has 0 saturated carbocycles. The quantitative estimate of drug-likeness (QED) is 0.829. The van der Waals surface area contributed by atoms with Crippen molar-refractivity contribution in [3.8, 4) is 11.5 Å². The number of benzene rings is 1. The molecule has 0 unspecified atom stereocenters. The van der Waals surface area contributed by atoms with Crippen LogP contribution in [-0.4, -0.2) is 23.8 Å². The number of esters is 1. The Morgan fingerprint density at radius 2 is 2.09 bits per heavy atom. The Bertz CT molecular complexity index is 587. The minimum Gasteiger partial charge on any atom is -0.508 e. The number of fused-ring (bicyclic) bond motifs is 1. The highest BCUT2D eigenvalue weighted by molar-refractivity contribution is 5.69. The number of hydrogen-bond acceptors (Lipinski definition) is 4. The van der Waals surface area contributed by atoms with Gasteiger partial charge in [-0.3, -0.25) is 4.79 Å². The molecule has 4 heteroatoms. The van der Waals surface area contributed by atoms with E-state index in [0.29, 0.717) is 12.2 Å². The standard InChI is InChI=1S/C19H28O4/c1-18(2,9-6-7-17(21)22-5)14-12-16-13(11-15(14)20)8-10-19(3,4)23-16/h11-12,20H,6-10H2,1-5H3. The van der Waals surface area contributed by atoms with Crippen molar-refractivity contribution in [2.45, 2.75) is 70.8 Å². The number of phenolic OH excluding ortho intramolecular Hbond substituents is 1. The summed E-state index contributed by atoms with van der Waals surface area (Å²) in [5.41, 5.74) is 1.53. The van der Waals surface area contributed by atoms with Crippen LogP contribution in [0.1, 0.15) is 64.5 Å². The minimum absolute atomic E-state index is 0.170. The fourth-order valence-corrected chi connectivity index (χ4v) is 3.14. The molecule has 0 radical (unpaired) electrons. The van der Waals surface area contributed by atoms with Crippen molar-refractivity contribution in [1.29, 1.82) is 0 Å². The van der Waals surface area contributed by atoms with Crippen LogP contribution < -0.4 is 4.74 Å². The molecule has 1 N–H and O–H groups in total. The van der Waals surface area contributed by atoms with Crippen LogP contribution in [-0.2, 0) is 21.4 Å². The van der Waals surface area contributed by atoms with Gasteiger partial charge in [0.1, 0.15) is 17.1 Å². The summed E-state index contributed by atoms with van der Waals surface area (Å²) in [6.45, 7) is 8.34. The van der Waals surface area contributed by atoms with Crippen LogP contribution in [0.5, 0.6) is 11.5 Å². The summed E-state index contributed by atoms with van der Waals surface area (Å²) in [5, 5.41) is 10.4. The van der Waals surface area contributed by atoms with Crippen molar-refractivity contribution in [2.75, 3.05) is 7.11 Å². The summed E-state index contributed by atoms with van der Waals surface area (Å²) >= 11 is 0. The number of hydrogen-bond donors (Lipinski definition) is 1. The van der Waals surface area contributed by atoms with Gasteiger partial charge in [-0.1, -0.05) is 13.8 Å². The highest BCUT2D eigenvalue weighted by Crippen LogP contribution is 2.42. The summed E-state index contributed by atoms with van der Waals surface area (Å²) in [7, 11) is 1.40. The average Bonchev–Trinajstić information content (AvgIpc) is 2.46. The van der Waals surface area contributed by atoms with Gasteiger partial charge in [0.05, 0.1) is 7.11 Å².